The normalized spacial score (nSPS) is 24.7. The van der Waals surface area contributed by atoms with Crippen molar-refractivity contribution in [2.24, 2.45) is 11.7 Å². The first-order valence-electron chi connectivity index (χ1n) is 7.32. The smallest absolute Gasteiger partial charge is 0.0772 e. The molecular weight excluding hydrogens is 236 g/mol. The highest BCUT2D eigenvalue weighted by atomic mass is 16.3. The second-order valence-corrected chi connectivity index (χ2v) is 5.99. The number of nitrogens with two attached hydrogens (primary N) is 1. The van der Waals surface area contributed by atoms with Crippen LogP contribution in [0.2, 0.25) is 0 Å². The van der Waals surface area contributed by atoms with Crippen LogP contribution in [0.25, 0.3) is 0 Å². The van der Waals surface area contributed by atoms with Crippen LogP contribution in [0.4, 0.5) is 0 Å². The van der Waals surface area contributed by atoms with Crippen molar-refractivity contribution in [2.75, 3.05) is 26.2 Å². The lowest BCUT2D eigenvalue weighted by atomic mass is 9.91. The van der Waals surface area contributed by atoms with Gasteiger partial charge in [-0.2, -0.15) is 0 Å². The summed E-state index contributed by atoms with van der Waals surface area (Å²) in [5.41, 5.74) is 6.82. The number of rotatable bonds is 4. The number of benzene rings is 1. The summed E-state index contributed by atoms with van der Waals surface area (Å²) in [5, 5.41) is 9.74. The summed E-state index contributed by atoms with van der Waals surface area (Å²) in [6, 6.07) is 9.97. The van der Waals surface area contributed by atoms with Gasteiger partial charge in [-0.05, 0) is 43.8 Å². The van der Waals surface area contributed by atoms with Crippen molar-refractivity contribution in [1.82, 2.24) is 4.90 Å². The maximum Gasteiger partial charge on any atom is 0.0772 e. The summed E-state index contributed by atoms with van der Waals surface area (Å²) >= 11 is 0. The Labute approximate surface area is 116 Å². The SMILES string of the molecule is CC1CCCN(CC(N)(CO)c2ccccc2)CC1. The van der Waals surface area contributed by atoms with Crippen LogP contribution in [-0.2, 0) is 5.54 Å². The molecule has 1 aliphatic rings. The zero-order valence-electron chi connectivity index (χ0n) is 11.9. The Kier molecular flexibility index (Phi) is 4.97. The van der Waals surface area contributed by atoms with Crippen LogP contribution in [0.5, 0.6) is 0 Å². The van der Waals surface area contributed by atoms with E-state index in [2.05, 4.69) is 11.8 Å². The summed E-state index contributed by atoms with van der Waals surface area (Å²) < 4.78 is 0. The molecule has 2 atom stereocenters. The fourth-order valence-electron chi connectivity index (χ4n) is 2.88. The molecule has 0 spiro atoms. The molecule has 1 aliphatic heterocycles. The minimum atomic E-state index is -0.644. The van der Waals surface area contributed by atoms with E-state index in [1.54, 1.807) is 0 Å². The van der Waals surface area contributed by atoms with Gasteiger partial charge in [0.25, 0.3) is 0 Å². The molecule has 3 N–H and O–H groups in total. The van der Waals surface area contributed by atoms with E-state index >= 15 is 0 Å². The second kappa shape index (κ2) is 6.51. The molecule has 1 heterocycles. The van der Waals surface area contributed by atoms with E-state index < -0.39 is 5.54 Å². The van der Waals surface area contributed by atoms with Gasteiger partial charge in [0.2, 0.25) is 0 Å². The number of hydrogen-bond donors (Lipinski definition) is 2. The van der Waals surface area contributed by atoms with Gasteiger partial charge in [-0.15, -0.1) is 0 Å². The summed E-state index contributed by atoms with van der Waals surface area (Å²) in [4.78, 5) is 2.41. The molecule has 2 unspecified atom stereocenters. The Bertz CT molecular complexity index is 382. The van der Waals surface area contributed by atoms with Gasteiger partial charge >= 0.3 is 0 Å². The molecule has 1 fully saturated rings. The van der Waals surface area contributed by atoms with E-state index in [0.29, 0.717) is 0 Å². The van der Waals surface area contributed by atoms with E-state index in [0.717, 1.165) is 31.1 Å². The first-order chi connectivity index (χ1) is 9.14. The van der Waals surface area contributed by atoms with Gasteiger partial charge in [-0.25, -0.2) is 0 Å². The molecule has 19 heavy (non-hydrogen) atoms. The fraction of sp³-hybridized carbons (Fsp3) is 0.625. The average Bonchev–Trinajstić information content (AvgIpc) is 2.64. The molecule has 0 amide bonds. The molecule has 0 radical (unpaired) electrons. The van der Waals surface area contributed by atoms with Crippen molar-refractivity contribution in [1.29, 1.82) is 0 Å². The highest BCUT2D eigenvalue weighted by molar-refractivity contribution is 5.24. The number of aliphatic hydroxyl groups excluding tert-OH is 1. The Morgan fingerprint density at radius 1 is 1.26 bits per heavy atom. The molecule has 3 heteroatoms. The Morgan fingerprint density at radius 3 is 2.68 bits per heavy atom. The maximum absolute atomic E-state index is 9.74. The summed E-state index contributed by atoms with van der Waals surface area (Å²) in [6.07, 6.45) is 3.77. The molecule has 3 nitrogen and oxygen atoms in total. The molecule has 2 rings (SSSR count). The average molecular weight is 262 g/mol. The molecule has 0 aromatic heterocycles. The monoisotopic (exact) mass is 262 g/mol. The van der Waals surface area contributed by atoms with Crippen LogP contribution < -0.4 is 5.73 Å². The van der Waals surface area contributed by atoms with Crippen molar-refractivity contribution in [3.05, 3.63) is 35.9 Å². The van der Waals surface area contributed by atoms with E-state index in [9.17, 15) is 5.11 Å². The third kappa shape index (κ3) is 3.78. The summed E-state index contributed by atoms with van der Waals surface area (Å²) in [6.45, 7) is 5.23. The van der Waals surface area contributed by atoms with Crippen molar-refractivity contribution in [2.45, 2.75) is 31.7 Å². The highest BCUT2D eigenvalue weighted by Gasteiger charge is 2.29. The van der Waals surface area contributed by atoms with Crippen molar-refractivity contribution in [3.8, 4) is 0 Å². The van der Waals surface area contributed by atoms with Crippen LogP contribution >= 0.6 is 0 Å². The van der Waals surface area contributed by atoms with Gasteiger partial charge < -0.3 is 15.7 Å². The third-order valence-electron chi connectivity index (χ3n) is 4.25. The molecule has 106 valence electrons. The Balaban J connectivity index is 2.06. The number of hydrogen-bond acceptors (Lipinski definition) is 3. The van der Waals surface area contributed by atoms with Crippen LogP contribution in [0.1, 0.15) is 31.7 Å². The Hall–Kier alpha value is -0.900. The fourth-order valence-corrected chi connectivity index (χ4v) is 2.88. The van der Waals surface area contributed by atoms with Crippen molar-refractivity contribution >= 4 is 0 Å². The van der Waals surface area contributed by atoms with Gasteiger partial charge in [-0.1, -0.05) is 37.3 Å². The lowest BCUT2D eigenvalue weighted by molar-refractivity contribution is 0.137. The van der Waals surface area contributed by atoms with E-state index in [4.69, 9.17) is 5.73 Å². The van der Waals surface area contributed by atoms with Crippen LogP contribution in [0.15, 0.2) is 30.3 Å². The second-order valence-electron chi connectivity index (χ2n) is 5.99. The van der Waals surface area contributed by atoms with Gasteiger partial charge in [0.05, 0.1) is 12.1 Å². The third-order valence-corrected chi connectivity index (χ3v) is 4.25. The lowest BCUT2D eigenvalue weighted by Crippen LogP contribution is -2.50. The Morgan fingerprint density at radius 2 is 2.00 bits per heavy atom. The predicted octanol–water partition coefficient (Wildman–Crippen LogP) is 1.95. The topological polar surface area (TPSA) is 49.5 Å². The summed E-state index contributed by atoms with van der Waals surface area (Å²) in [5.74, 6) is 0.808. The molecule has 0 bridgehead atoms. The molecule has 1 aromatic rings. The highest BCUT2D eigenvalue weighted by Crippen LogP contribution is 2.22. The maximum atomic E-state index is 9.74. The van der Waals surface area contributed by atoms with Gasteiger partial charge in [-0.3, -0.25) is 0 Å². The van der Waals surface area contributed by atoms with Crippen molar-refractivity contribution < 1.29 is 5.11 Å². The zero-order chi connectivity index (χ0) is 13.7. The quantitative estimate of drug-likeness (QED) is 0.872. The molecule has 0 aliphatic carbocycles. The first-order valence-corrected chi connectivity index (χ1v) is 7.32. The standard InChI is InChI=1S/C16H26N2O/c1-14-6-5-10-18(11-9-14)12-16(17,13-19)15-7-3-2-4-8-15/h2-4,7-8,14,19H,5-6,9-13,17H2,1H3. The van der Waals surface area contributed by atoms with Gasteiger partial charge in [0.1, 0.15) is 0 Å². The lowest BCUT2D eigenvalue weighted by Gasteiger charge is -2.34. The molecule has 1 aromatic carbocycles. The zero-order valence-corrected chi connectivity index (χ0v) is 11.9. The van der Waals surface area contributed by atoms with Crippen LogP contribution in [-0.4, -0.2) is 36.2 Å². The largest absolute Gasteiger partial charge is 0.394 e. The van der Waals surface area contributed by atoms with E-state index in [1.807, 2.05) is 30.3 Å². The van der Waals surface area contributed by atoms with E-state index in [1.165, 1.54) is 19.3 Å². The summed E-state index contributed by atoms with van der Waals surface area (Å²) in [7, 11) is 0. The molecule has 1 saturated heterocycles. The van der Waals surface area contributed by atoms with Crippen molar-refractivity contribution in [3.63, 3.8) is 0 Å². The molecular formula is C16H26N2O. The van der Waals surface area contributed by atoms with Gasteiger partial charge in [0, 0.05) is 6.54 Å². The minimum Gasteiger partial charge on any atom is -0.394 e. The number of likely N-dealkylation sites (tertiary alicyclic amines) is 1. The van der Waals surface area contributed by atoms with Crippen LogP contribution in [0, 0.1) is 5.92 Å². The van der Waals surface area contributed by atoms with Crippen LogP contribution in [0.3, 0.4) is 0 Å². The molecule has 0 saturated carbocycles. The predicted molar refractivity (Wildman–Crippen MR) is 78.8 cm³/mol. The first kappa shape index (κ1) is 14.5. The number of nitrogens with zero attached hydrogens (tertiary/aromatic N) is 1. The van der Waals surface area contributed by atoms with E-state index in [-0.39, 0.29) is 6.61 Å². The minimum absolute atomic E-state index is 0.0108. The number of aliphatic hydroxyl groups is 1. The van der Waals surface area contributed by atoms with Gasteiger partial charge in [0.15, 0.2) is 0 Å².